The van der Waals surface area contributed by atoms with E-state index in [9.17, 15) is 4.79 Å². The van der Waals surface area contributed by atoms with Crippen molar-refractivity contribution in [1.82, 2.24) is 0 Å². The highest BCUT2D eigenvalue weighted by Crippen LogP contribution is 2.39. The third-order valence-electron chi connectivity index (χ3n) is 3.37. The lowest BCUT2D eigenvalue weighted by Crippen LogP contribution is -2.36. The molecule has 1 N–H and O–H groups in total. The van der Waals surface area contributed by atoms with Gasteiger partial charge in [0.25, 0.3) is 0 Å². The molecular formula is C15H20O4. The topological polar surface area (TPSA) is 55.8 Å². The molecule has 4 nitrogen and oxygen atoms in total. The molecule has 1 aromatic carbocycles. The summed E-state index contributed by atoms with van der Waals surface area (Å²) in [6.07, 6.45) is 0.763. The van der Waals surface area contributed by atoms with E-state index in [4.69, 9.17) is 14.6 Å². The summed E-state index contributed by atoms with van der Waals surface area (Å²) in [6.45, 7) is 8.12. The highest BCUT2D eigenvalue weighted by molar-refractivity contribution is 5.87. The van der Waals surface area contributed by atoms with Gasteiger partial charge < -0.3 is 14.6 Å². The fourth-order valence-corrected chi connectivity index (χ4v) is 2.54. The lowest BCUT2D eigenvalue weighted by molar-refractivity contribution is -0.0846. The summed E-state index contributed by atoms with van der Waals surface area (Å²) in [7, 11) is 0. The Morgan fingerprint density at radius 1 is 1.26 bits per heavy atom. The molecule has 0 aliphatic carbocycles. The van der Waals surface area contributed by atoms with Gasteiger partial charge in [-0.2, -0.15) is 0 Å². The van der Waals surface area contributed by atoms with E-state index in [-0.39, 0.29) is 22.9 Å². The third-order valence-corrected chi connectivity index (χ3v) is 3.37. The zero-order chi connectivity index (χ0) is 14.3. The third kappa shape index (κ3) is 3.07. The molecule has 0 saturated carbocycles. The maximum absolute atomic E-state index is 10.8. The van der Waals surface area contributed by atoms with Gasteiger partial charge in [0.15, 0.2) is 0 Å². The van der Waals surface area contributed by atoms with Gasteiger partial charge in [-0.15, -0.1) is 0 Å². The van der Waals surface area contributed by atoms with Crippen molar-refractivity contribution in [2.24, 2.45) is 0 Å². The van der Waals surface area contributed by atoms with Crippen LogP contribution >= 0.6 is 0 Å². The number of carbonyl (C=O) groups is 1. The van der Waals surface area contributed by atoms with Crippen LogP contribution in [-0.4, -0.2) is 28.4 Å². The molecule has 4 heteroatoms. The number of ether oxygens (including phenoxy) is 2. The Hall–Kier alpha value is -1.55. The fraction of sp³-hybridized carbons (Fsp3) is 0.533. The monoisotopic (exact) mass is 264 g/mol. The number of carboxylic acid groups (broad SMARTS) is 1. The summed E-state index contributed by atoms with van der Waals surface area (Å²) in [6, 6.07) is 6.47. The quantitative estimate of drug-likeness (QED) is 0.911. The smallest absolute Gasteiger partial charge is 0.335 e. The first-order valence-corrected chi connectivity index (χ1v) is 6.40. The zero-order valence-electron chi connectivity index (χ0n) is 11.8. The van der Waals surface area contributed by atoms with Gasteiger partial charge in [0, 0.05) is 6.42 Å². The maximum atomic E-state index is 10.8. The van der Waals surface area contributed by atoms with Crippen LogP contribution in [0.2, 0.25) is 0 Å². The van der Waals surface area contributed by atoms with Crippen LogP contribution in [0.5, 0.6) is 5.75 Å². The Bertz CT molecular complexity index is 473. The molecule has 0 bridgehead atoms. The standard InChI is InChI=1S/C15H20O4/c1-14(2)9-12(15(3,4)19-14)18-11-7-5-10(6-8-11)13(16)17/h5-8,12H,9H2,1-4H3,(H,16,17). The highest BCUT2D eigenvalue weighted by atomic mass is 16.6. The van der Waals surface area contributed by atoms with Crippen molar-refractivity contribution in [3.63, 3.8) is 0 Å². The van der Waals surface area contributed by atoms with E-state index >= 15 is 0 Å². The van der Waals surface area contributed by atoms with E-state index in [1.165, 1.54) is 0 Å². The molecule has 1 fully saturated rings. The first-order chi connectivity index (χ1) is 8.70. The molecule has 19 heavy (non-hydrogen) atoms. The van der Waals surface area contributed by atoms with Crippen molar-refractivity contribution >= 4 is 5.97 Å². The number of carboxylic acids is 1. The van der Waals surface area contributed by atoms with Crippen molar-refractivity contribution < 1.29 is 19.4 Å². The van der Waals surface area contributed by atoms with Gasteiger partial charge in [-0.25, -0.2) is 4.79 Å². The molecular weight excluding hydrogens is 244 g/mol. The van der Waals surface area contributed by atoms with Gasteiger partial charge in [0.05, 0.1) is 11.2 Å². The average Bonchev–Trinajstić information content (AvgIpc) is 2.47. The first-order valence-electron chi connectivity index (χ1n) is 6.40. The molecule has 1 aliphatic heterocycles. The molecule has 0 radical (unpaired) electrons. The van der Waals surface area contributed by atoms with Crippen LogP contribution in [0.4, 0.5) is 0 Å². The predicted molar refractivity (Wildman–Crippen MR) is 71.7 cm³/mol. The molecule has 2 rings (SSSR count). The van der Waals surface area contributed by atoms with Gasteiger partial charge in [0.1, 0.15) is 17.5 Å². The average molecular weight is 264 g/mol. The summed E-state index contributed by atoms with van der Waals surface area (Å²) in [5, 5.41) is 8.85. The molecule has 1 heterocycles. The van der Waals surface area contributed by atoms with E-state index in [0.717, 1.165) is 6.42 Å². The number of hydrogen-bond donors (Lipinski definition) is 1. The highest BCUT2D eigenvalue weighted by Gasteiger charge is 2.47. The zero-order valence-corrected chi connectivity index (χ0v) is 11.8. The van der Waals surface area contributed by atoms with Gasteiger partial charge >= 0.3 is 5.97 Å². The lowest BCUT2D eigenvalue weighted by atomic mass is 9.97. The molecule has 1 atom stereocenters. The number of benzene rings is 1. The predicted octanol–water partition coefficient (Wildman–Crippen LogP) is 3.11. The Labute approximate surface area is 113 Å². The maximum Gasteiger partial charge on any atom is 0.335 e. The minimum atomic E-state index is -0.933. The molecule has 0 aromatic heterocycles. The van der Waals surface area contributed by atoms with Crippen molar-refractivity contribution in [2.45, 2.75) is 51.4 Å². The van der Waals surface area contributed by atoms with Crippen LogP contribution in [0.1, 0.15) is 44.5 Å². The van der Waals surface area contributed by atoms with Gasteiger partial charge in [0.2, 0.25) is 0 Å². The van der Waals surface area contributed by atoms with Crippen LogP contribution < -0.4 is 4.74 Å². The molecule has 1 aliphatic rings. The van der Waals surface area contributed by atoms with E-state index in [0.29, 0.717) is 5.75 Å². The van der Waals surface area contributed by atoms with Crippen LogP contribution in [0, 0.1) is 0 Å². The fourth-order valence-electron chi connectivity index (χ4n) is 2.54. The summed E-state index contributed by atoms with van der Waals surface area (Å²) in [5.74, 6) is -0.262. The van der Waals surface area contributed by atoms with Crippen molar-refractivity contribution in [3.8, 4) is 5.75 Å². The number of rotatable bonds is 3. The Morgan fingerprint density at radius 2 is 1.84 bits per heavy atom. The Kier molecular flexibility index (Phi) is 3.31. The number of aromatic carboxylic acids is 1. The molecule has 0 amide bonds. The molecule has 0 spiro atoms. The minimum Gasteiger partial charge on any atom is -0.487 e. The molecule has 1 unspecified atom stereocenters. The van der Waals surface area contributed by atoms with Crippen LogP contribution in [0.15, 0.2) is 24.3 Å². The van der Waals surface area contributed by atoms with E-state index < -0.39 is 5.97 Å². The second kappa shape index (κ2) is 4.53. The van der Waals surface area contributed by atoms with Gasteiger partial charge in [-0.3, -0.25) is 0 Å². The Balaban J connectivity index is 2.11. The largest absolute Gasteiger partial charge is 0.487 e. The van der Waals surface area contributed by atoms with E-state index in [1.807, 2.05) is 27.7 Å². The Morgan fingerprint density at radius 3 is 2.26 bits per heavy atom. The SMILES string of the molecule is CC1(C)CC(Oc2ccc(C(=O)O)cc2)C(C)(C)O1. The molecule has 1 aromatic rings. The van der Waals surface area contributed by atoms with E-state index in [1.54, 1.807) is 24.3 Å². The first kappa shape index (κ1) is 13.9. The van der Waals surface area contributed by atoms with Crippen molar-refractivity contribution in [3.05, 3.63) is 29.8 Å². The summed E-state index contributed by atoms with van der Waals surface area (Å²) < 4.78 is 11.9. The minimum absolute atomic E-state index is 0.0434. The van der Waals surface area contributed by atoms with E-state index in [2.05, 4.69) is 0 Å². The molecule has 104 valence electrons. The van der Waals surface area contributed by atoms with Gasteiger partial charge in [-0.05, 0) is 52.0 Å². The van der Waals surface area contributed by atoms with Crippen molar-refractivity contribution in [2.75, 3.05) is 0 Å². The second-order valence-corrected chi connectivity index (χ2v) is 6.11. The number of hydrogen-bond acceptors (Lipinski definition) is 3. The summed E-state index contributed by atoms with van der Waals surface area (Å²) in [4.78, 5) is 10.8. The summed E-state index contributed by atoms with van der Waals surface area (Å²) >= 11 is 0. The van der Waals surface area contributed by atoms with Crippen LogP contribution in [-0.2, 0) is 4.74 Å². The van der Waals surface area contributed by atoms with Crippen LogP contribution in [0.3, 0.4) is 0 Å². The second-order valence-electron chi connectivity index (χ2n) is 6.11. The van der Waals surface area contributed by atoms with Gasteiger partial charge in [-0.1, -0.05) is 0 Å². The molecule has 1 saturated heterocycles. The summed E-state index contributed by atoms with van der Waals surface area (Å²) in [5.41, 5.74) is -0.293. The van der Waals surface area contributed by atoms with Crippen molar-refractivity contribution in [1.29, 1.82) is 0 Å². The lowest BCUT2D eigenvalue weighted by Gasteiger charge is -2.27. The van der Waals surface area contributed by atoms with Crippen LogP contribution in [0.25, 0.3) is 0 Å². The normalized spacial score (nSPS) is 24.1.